The maximum atomic E-state index is 5.62. The minimum atomic E-state index is -0.212. The molecule has 0 spiro atoms. The van der Waals surface area contributed by atoms with Crippen molar-refractivity contribution in [3.63, 3.8) is 0 Å². The summed E-state index contributed by atoms with van der Waals surface area (Å²) in [4.78, 5) is 0. The average Bonchev–Trinajstić information content (AvgIpc) is 2.24. The second kappa shape index (κ2) is 5.65. The van der Waals surface area contributed by atoms with Gasteiger partial charge in [0.1, 0.15) is 0 Å². The first kappa shape index (κ1) is 14.2. The van der Waals surface area contributed by atoms with Gasteiger partial charge in [0.25, 0.3) is 0 Å². The van der Waals surface area contributed by atoms with Crippen LogP contribution in [0.2, 0.25) is 0 Å². The minimum absolute atomic E-state index is 0.212. The lowest BCUT2D eigenvalue weighted by molar-refractivity contribution is -0.0107. The molecule has 1 unspecified atom stereocenters. The van der Waals surface area contributed by atoms with Gasteiger partial charge in [0, 0.05) is 7.11 Å². The third-order valence-corrected chi connectivity index (χ3v) is 3.21. The number of aryl methyl sites for hydroxylation is 2. The van der Waals surface area contributed by atoms with Crippen molar-refractivity contribution >= 4 is 0 Å². The second-order valence-electron chi connectivity index (χ2n) is 5.22. The van der Waals surface area contributed by atoms with Crippen molar-refractivity contribution in [2.45, 2.75) is 46.3 Å². The Hall–Kier alpha value is -0.860. The Balaban J connectivity index is 3.13. The molecule has 0 aliphatic rings. The summed E-state index contributed by atoms with van der Waals surface area (Å²) in [6, 6.07) is 6.89. The third kappa shape index (κ3) is 3.55. The zero-order valence-electron chi connectivity index (χ0n) is 11.9. The lowest BCUT2D eigenvalue weighted by Crippen LogP contribution is -2.40. The lowest BCUT2D eigenvalue weighted by Gasteiger charge is -2.34. The summed E-state index contributed by atoms with van der Waals surface area (Å²) >= 11 is 0. The Kier molecular flexibility index (Phi) is 4.72. The molecule has 0 heterocycles. The summed E-state index contributed by atoms with van der Waals surface area (Å²) in [5.74, 6) is 0. The number of benzene rings is 1. The van der Waals surface area contributed by atoms with Gasteiger partial charge in [0.15, 0.2) is 0 Å². The van der Waals surface area contributed by atoms with Crippen molar-refractivity contribution in [2.75, 3.05) is 13.7 Å². The summed E-state index contributed by atoms with van der Waals surface area (Å²) in [6.07, 6.45) is 0. The van der Waals surface area contributed by atoms with Gasteiger partial charge in [0.05, 0.1) is 11.6 Å². The molecule has 0 aliphatic carbocycles. The largest absolute Gasteiger partial charge is 0.377 e. The topological polar surface area (TPSA) is 21.3 Å². The van der Waals surface area contributed by atoms with Gasteiger partial charge in [-0.05, 0) is 39.8 Å². The van der Waals surface area contributed by atoms with Gasteiger partial charge in [-0.15, -0.1) is 0 Å². The van der Waals surface area contributed by atoms with E-state index in [-0.39, 0.29) is 11.6 Å². The Bertz CT molecular complexity index is 351. The van der Waals surface area contributed by atoms with E-state index in [9.17, 15) is 0 Å². The van der Waals surface area contributed by atoms with Crippen molar-refractivity contribution < 1.29 is 4.74 Å². The molecular weight excluding hydrogens is 210 g/mol. The molecule has 1 N–H and O–H groups in total. The van der Waals surface area contributed by atoms with Crippen molar-refractivity contribution in [3.05, 3.63) is 34.9 Å². The fourth-order valence-corrected chi connectivity index (χ4v) is 2.26. The van der Waals surface area contributed by atoms with Gasteiger partial charge in [-0.1, -0.05) is 36.2 Å². The number of methoxy groups -OCH3 is 1. The fourth-order valence-electron chi connectivity index (χ4n) is 2.26. The normalized spacial score (nSPS) is 13.8. The van der Waals surface area contributed by atoms with Crippen molar-refractivity contribution in [2.24, 2.45) is 0 Å². The number of likely N-dealkylation sites (N-methyl/N-ethyl adjacent to an activating group) is 1. The Morgan fingerprint density at radius 3 is 2.12 bits per heavy atom. The molecule has 0 saturated heterocycles. The molecule has 0 fully saturated rings. The van der Waals surface area contributed by atoms with Crippen LogP contribution in [0.3, 0.4) is 0 Å². The first-order valence-corrected chi connectivity index (χ1v) is 6.27. The van der Waals surface area contributed by atoms with E-state index in [1.165, 1.54) is 16.7 Å². The van der Waals surface area contributed by atoms with Crippen LogP contribution >= 0.6 is 0 Å². The molecule has 0 radical (unpaired) electrons. The zero-order valence-corrected chi connectivity index (χ0v) is 11.9. The van der Waals surface area contributed by atoms with E-state index in [0.29, 0.717) is 0 Å². The quantitative estimate of drug-likeness (QED) is 0.844. The predicted octanol–water partition coefficient (Wildman–Crippen LogP) is 3.38. The Morgan fingerprint density at radius 1 is 1.18 bits per heavy atom. The van der Waals surface area contributed by atoms with Gasteiger partial charge in [0.2, 0.25) is 0 Å². The zero-order chi connectivity index (χ0) is 13.1. The van der Waals surface area contributed by atoms with E-state index in [4.69, 9.17) is 4.74 Å². The van der Waals surface area contributed by atoms with Gasteiger partial charge < -0.3 is 10.1 Å². The van der Waals surface area contributed by atoms with Crippen molar-refractivity contribution in [1.29, 1.82) is 0 Å². The number of hydrogen-bond acceptors (Lipinski definition) is 2. The third-order valence-electron chi connectivity index (χ3n) is 3.21. The van der Waals surface area contributed by atoms with Crippen LogP contribution in [0.1, 0.15) is 43.5 Å². The molecule has 0 saturated carbocycles. The molecule has 1 aromatic carbocycles. The van der Waals surface area contributed by atoms with Crippen LogP contribution in [-0.2, 0) is 4.74 Å². The summed E-state index contributed by atoms with van der Waals surface area (Å²) in [7, 11) is 1.77. The SMILES string of the molecule is CCNC(c1cc(C)cc(C)c1)C(C)(C)OC. The molecule has 2 heteroatoms. The molecule has 0 aromatic heterocycles. The number of ether oxygens (including phenoxy) is 1. The maximum Gasteiger partial charge on any atom is 0.0816 e. The van der Waals surface area contributed by atoms with Crippen molar-refractivity contribution in [1.82, 2.24) is 5.32 Å². The van der Waals surface area contributed by atoms with Crippen LogP contribution in [0.5, 0.6) is 0 Å². The monoisotopic (exact) mass is 235 g/mol. The molecule has 1 rings (SSSR count). The highest BCUT2D eigenvalue weighted by molar-refractivity contribution is 5.32. The first-order chi connectivity index (χ1) is 7.90. The fraction of sp³-hybridized carbons (Fsp3) is 0.600. The first-order valence-electron chi connectivity index (χ1n) is 6.27. The smallest absolute Gasteiger partial charge is 0.0816 e. The van der Waals surface area contributed by atoms with E-state index in [2.05, 4.69) is 58.1 Å². The van der Waals surface area contributed by atoms with E-state index >= 15 is 0 Å². The van der Waals surface area contributed by atoms with Gasteiger partial charge in [-0.25, -0.2) is 0 Å². The lowest BCUT2D eigenvalue weighted by atomic mass is 9.89. The van der Waals surface area contributed by atoms with Crippen LogP contribution in [-0.4, -0.2) is 19.3 Å². The Morgan fingerprint density at radius 2 is 1.71 bits per heavy atom. The van der Waals surface area contributed by atoms with E-state index in [1.54, 1.807) is 7.11 Å². The number of rotatable bonds is 5. The molecular formula is C15H25NO. The molecule has 96 valence electrons. The standard InChI is InChI=1S/C15H25NO/c1-7-16-14(15(4,5)17-6)13-9-11(2)8-12(3)10-13/h8-10,14,16H,7H2,1-6H3. The maximum absolute atomic E-state index is 5.62. The molecule has 0 aliphatic heterocycles. The van der Waals surface area contributed by atoms with Crippen LogP contribution in [0, 0.1) is 13.8 Å². The van der Waals surface area contributed by atoms with Crippen LogP contribution < -0.4 is 5.32 Å². The predicted molar refractivity (Wildman–Crippen MR) is 73.4 cm³/mol. The number of nitrogens with one attached hydrogen (secondary N) is 1. The molecule has 1 aromatic rings. The summed E-state index contributed by atoms with van der Waals surface area (Å²) in [6.45, 7) is 11.6. The highest BCUT2D eigenvalue weighted by atomic mass is 16.5. The van der Waals surface area contributed by atoms with Gasteiger partial charge in [-0.2, -0.15) is 0 Å². The molecule has 17 heavy (non-hydrogen) atoms. The van der Waals surface area contributed by atoms with Crippen LogP contribution in [0.15, 0.2) is 18.2 Å². The number of hydrogen-bond donors (Lipinski definition) is 1. The van der Waals surface area contributed by atoms with Crippen LogP contribution in [0.4, 0.5) is 0 Å². The van der Waals surface area contributed by atoms with E-state index in [0.717, 1.165) is 6.54 Å². The minimum Gasteiger partial charge on any atom is -0.377 e. The van der Waals surface area contributed by atoms with Gasteiger partial charge in [-0.3, -0.25) is 0 Å². The van der Waals surface area contributed by atoms with E-state index in [1.807, 2.05) is 0 Å². The average molecular weight is 235 g/mol. The molecule has 0 amide bonds. The molecule has 2 nitrogen and oxygen atoms in total. The molecule has 1 atom stereocenters. The second-order valence-corrected chi connectivity index (χ2v) is 5.22. The van der Waals surface area contributed by atoms with E-state index < -0.39 is 0 Å². The highest BCUT2D eigenvalue weighted by Gasteiger charge is 2.30. The van der Waals surface area contributed by atoms with Crippen LogP contribution in [0.25, 0.3) is 0 Å². The highest BCUT2D eigenvalue weighted by Crippen LogP contribution is 2.29. The summed E-state index contributed by atoms with van der Waals surface area (Å²) in [5, 5.41) is 3.52. The van der Waals surface area contributed by atoms with Gasteiger partial charge >= 0.3 is 0 Å². The summed E-state index contributed by atoms with van der Waals surface area (Å²) in [5.41, 5.74) is 3.69. The Labute approximate surface area is 105 Å². The summed E-state index contributed by atoms with van der Waals surface area (Å²) < 4.78 is 5.62. The molecule has 0 bridgehead atoms. The van der Waals surface area contributed by atoms with Crippen molar-refractivity contribution in [3.8, 4) is 0 Å².